The number of methoxy groups -OCH3 is 1. The summed E-state index contributed by atoms with van der Waals surface area (Å²) >= 11 is 3.49. The molecule has 0 aliphatic carbocycles. The maximum Gasteiger partial charge on any atom is 0.339 e. The molecule has 0 saturated carbocycles. The molecule has 4 aromatic carbocycles. The van der Waals surface area contributed by atoms with Crippen LogP contribution in [0.5, 0.6) is 5.75 Å². The molecule has 0 saturated heterocycles. The first-order valence-corrected chi connectivity index (χ1v) is 14.1. The third-order valence-electron chi connectivity index (χ3n) is 7.23. The Labute approximate surface area is 255 Å². The molecule has 212 valence electrons. The van der Waals surface area contributed by atoms with Gasteiger partial charge in [-0.1, -0.05) is 52.3 Å². The second-order valence-corrected chi connectivity index (χ2v) is 10.9. The predicted octanol–water partition coefficient (Wildman–Crippen LogP) is 6.82. The second-order valence-electron chi connectivity index (χ2n) is 9.94. The number of Topliss-reactive ketones (excluding diaryl/α,β-unsaturated/α-hetero) is 1. The van der Waals surface area contributed by atoms with Crippen molar-refractivity contribution >= 4 is 56.1 Å². The SMILES string of the molecule is COc1cccc(C(=O)COC(=O)c2cc(-c3ccc(N4C(=O)c5ccccc5C4=O)cc3)nc3c(C)cc(Br)cc23)c1. The van der Waals surface area contributed by atoms with Crippen molar-refractivity contribution in [1.29, 1.82) is 0 Å². The fraction of sp³-hybridized carbons (Fsp3) is 0.0882. The van der Waals surface area contributed by atoms with Crippen LogP contribution in [0.4, 0.5) is 5.69 Å². The number of anilines is 1. The van der Waals surface area contributed by atoms with E-state index in [-0.39, 0.29) is 23.2 Å². The van der Waals surface area contributed by atoms with Crippen LogP contribution < -0.4 is 9.64 Å². The van der Waals surface area contributed by atoms with Crippen molar-refractivity contribution in [3.05, 3.63) is 123 Å². The van der Waals surface area contributed by atoms with Crippen molar-refractivity contribution in [2.24, 2.45) is 0 Å². The van der Waals surface area contributed by atoms with Crippen LogP contribution in [-0.2, 0) is 4.74 Å². The van der Waals surface area contributed by atoms with Crippen molar-refractivity contribution < 1.29 is 28.7 Å². The van der Waals surface area contributed by atoms with Crippen LogP contribution in [0.15, 0.2) is 95.5 Å². The van der Waals surface area contributed by atoms with Gasteiger partial charge in [0.2, 0.25) is 0 Å². The first kappa shape index (κ1) is 28.0. The van der Waals surface area contributed by atoms with E-state index in [1.54, 1.807) is 84.9 Å². The number of aryl methyl sites for hydroxylation is 1. The van der Waals surface area contributed by atoms with Gasteiger partial charge in [0.1, 0.15) is 5.75 Å². The number of ether oxygens (including phenoxy) is 2. The molecule has 1 aliphatic rings. The van der Waals surface area contributed by atoms with Gasteiger partial charge in [-0.15, -0.1) is 0 Å². The number of fused-ring (bicyclic) bond motifs is 2. The Morgan fingerprint density at radius 3 is 2.23 bits per heavy atom. The van der Waals surface area contributed by atoms with Gasteiger partial charge in [0, 0.05) is 21.0 Å². The summed E-state index contributed by atoms with van der Waals surface area (Å²) in [6.45, 7) is 1.43. The molecule has 0 fully saturated rings. The summed E-state index contributed by atoms with van der Waals surface area (Å²) in [4.78, 5) is 58.0. The molecule has 2 heterocycles. The van der Waals surface area contributed by atoms with E-state index >= 15 is 0 Å². The number of pyridine rings is 1. The van der Waals surface area contributed by atoms with Gasteiger partial charge in [0.25, 0.3) is 11.8 Å². The minimum Gasteiger partial charge on any atom is -0.497 e. The highest BCUT2D eigenvalue weighted by atomic mass is 79.9. The number of carbonyl (C=O) groups excluding carboxylic acids is 4. The molecule has 1 aliphatic heterocycles. The molecule has 6 rings (SSSR count). The van der Waals surface area contributed by atoms with Gasteiger partial charge in [-0.2, -0.15) is 0 Å². The Hall–Kier alpha value is -5.15. The molecule has 8 nitrogen and oxygen atoms in total. The van der Waals surface area contributed by atoms with E-state index in [2.05, 4.69) is 15.9 Å². The predicted molar refractivity (Wildman–Crippen MR) is 165 cm³/mol. The zero-order chi connectivity index (χ0) is 30.2. The summed E-state index contributed by atoms with van der Waals surface area (Å²) < 4.78 is 11.4. The highest BCUT2D eigenvalue weighted by molar-refractivity contribution is 9.10. The number of ketones is 1. The van der Waals surface area contributed by atoms with Gasteiger partial charge in [-0.25, -0.2) is 14.7 Å². The van der Waals surface area contributed by atoms with Crippen LogP contribution in [0.25, 0.3) is 22.2 Å². The van der Waals surface area contributed by atoms with Crippen molar-refractivity contribution in [2.45, 2.75) is 6.92 Å². The monoisotopic (exact) mass is 634 g/mol. The number of halogens is 1. The third-order valence-corrected chi connectivity index (χ3v) is 7.69. The van der Waals surface area contributed by atoms with Crippen LogP contribution in [0.3, 0.4) is 0 Å². The molecule has 0 atom stereocenters. The number of amides is 2. The van der Waals surface area contributed by atoms with Gasteiger partial charge >= 0.3 is 5.97 Å². The summed E-state index contributed by atoms with van der Waals surface area (Å²) in [5.41, 5.74) is 4.32. The van der Waals surface area contributed by atoms with E-state index in [1.165, 1.54) is 7.11 Å². The van der Waals surface area contributed by atoms with Crippen LogP contribution >= 0.6 is 15.9 Å². The molecule has 5 aromatic rings. The lowest BCUT2D eigenvalue weighted by Crippen LogP contribution is -2.29. The number of hydrogen-bond donors (Lipinski definition) is 0. The molecule has 0 spiro atoms. The average Bonchev–Trinajstić information content (AvgIpc) is 3.28. The summed E-state index contributed by atoms with van der Waals surface area (Å²) in [7, 11) is 1.51. The number of carbonyl (C=O) groups is 4. The molecule has 0 unspecified atom stereocenters. The minimum atomic E-state index is -0.676. The number of aromatic nitrogens is 1. The lowest BCUT2D eigenvalue weighted by atomic mass is 10.0. The van der Waals surface area contributed by atoms with E-state index in [0.29, 0.717) is 50.3 Å². The molecule has 0 bridgehead atoms. The van der Waals surface area contributed by atoms with Crippen LogP contribution in [0, 0.1) is 6.92 Å². The first-order chi connectivity index (χ1) is 20.7. The number of nitrogens with zero attached hydrogens (tertiary/aromatic N) is 2. The van der Waals surface area contributed by atoms with E-state index in [9.17, 15) is 19.2 Å². The van der Waals surface area contributed by atoms with Crippen molar-refractivity contribution in [1.82, 2.24) is 4.98 Å². The van der Waals surface area contributed by atoms with E-state index in [0.717, 1.165) is 14.9 Å². The maximum atomic E-state index is 13.4. The number of esters is 1. The Kier molecular flexibility index (Phi) is 7.33. The van der Waals surface area contributed by atoms with Crippen LogP contribution in [0.2, 0.25) is 0 Å². The third kappa shape index (κ3) is 5.19. The van der Waals surface area contributed by atoms with E-state index in [4.69, 9.17) is 14.5 Å². The van der Waals surface area contributed by atoms with E-state index in [1.807, 2.05) is 13.0 Å². The largest absolute Gasteiger partial charge is 0.497 e. The zero-order valence-corrected chi connectivity index (χ0v) is 24.7. The molecular weight excluding hydrogens is 612 g/mol. The summed E-state index contributed by atoms with van der Waals surface area (Å²) in [6.07, 6.45) is 0. The summed E-state index contributed by atoms with van der Waals surface area (Å²) in [5.74, 6) is -1.29. The first-order valence-electron chi connectivity index (χ1n) is 13.3. The molecule has 0 radical (unpaired) electrons. The van der Waals surface area contributed by atoms with Crippen LogP contribution in [-0.4, -0.2) is 42.3 Å². The quantitative estimate of drug-likeness (QED) is 0.110. The second kappa shape index (κ2) is 11.3. The Morgan fingerprint density at radius 1 is 0.860 bits per heavy atom. The summed E-state index contributed by atoms with van der Waals surface area (Å²) in [6, 6.07) is 25.4. The average molecular weight is 635 g/mol. The van der Waals surface area contributed by atoms with Gasteiger partial charge < -0.3 is 9.47 Å². The molecule has 0 N–H and O–H groups in total. The number of rotatable bonds is 7. The van der Waals surface area contributed by atoms with E-state index < -0.39 is 12.6 Å². The van der Waals surface area contributed by atoms with Gasteiger partial charge in [0.05, 0.1) is 40.7 Å². The van der Waals surface area contributed by atoms with Crippen molar-refractivity contribution in [2.75, 3.05) is 18.6 Å². The Balaban J connectivity index is 1.32. The normalized spacial score (nSPS) is 12.4. The van der Waals surface area contributed by atoms with Gasteiger partial charge in [0.15, 0.2) is 12.4 Å². The zero-order valence-electron chi connectivity index (χ0n) is 23.1. The maximum absolute atomic E-state index is 13.4. The Morgan fingerprint density at radius 2 is 1.56 bits per heavy atom. The minimum absolute atomic E-state index is 0.243. The fourth-order valence-corrected chi connectivity index (χ4v) is 5.64. The number of imide groups is 1. The highest BCUT2D eigenvalue weighted by Crippen LogP contribution is 2.33. The van der Waals surface area contributed by atoms with Crippen LogP contribution in [0.1, 0.15) is 47.0 Å². The molecular formula is C34H23BrN2O6. The topological polar surface area (TPSA) is 103 Å². The standard InChI is InChI=1S/C34H23BrN2O6/c1-19-14-22(35)16-27-28(34(41)43-18-30(38)21-6-5-7-24(15-21)42-2)17-29(36-31(19)27)20-10-12-23(13-11-20)37-32(39)25-8-3-4-9-26(25)33(37)40/h3-17H,18H2,1-2H3. The lowest BCUT2D eigenvalue weighted by molar-refractivity contribution is 0.0476. The number of benzene rings is 4. The lowest BCUT2D eigenvalue weighted by Gasteiger charge is -2.15. The molecule has 2 amide bonds. The number of hydrogen-bond acceptors (Lipinski definition) is 7. The van der Waals surface area contributed by atoms with Gasteiger partial charge in [-0.05, 0) is 67.1 Å². The Bertz CT molecular complexity index is 1930. The smallest absolute Gasteiger partial charge is 0.339 e. The molecule has 1 aromatic heterocycles. The molecule has 43 heavy (non-hydrogen) atoms. The van der Waals surface area contributed by atoms with Gasteiger partial charge in [-0.3, -0.25) is 14.4 Å². The summed E-state index contributed by atoms with van der Waals surface area (Å²) in [5, 5.41) is 0.567. The van der Waals surface area contributed by atoms with Crippen molar-refractivity contribution in [3.8, 4) is 17.0 Å². The highest BCUT2D eigenvalue weighted by Gasteiger charge is 2.36. The molecule has 9 heteroatoms. The van der Waals surface area contributed by atoms with Crippen molar-refractivity contribution in [3.63, 3.8) is 0 Å². The fourth-order valence-electron chi connectivity index (χ4n) is 5.07.